The molecule has 0 atom stereocenters. The number of para-hydroxylation sites is 2. The molecule has 150 valence electrons. The van der Waals surface area contributed by atoms with E-state index in [4.69, 9.17) is 5.73 Å². The fourth-order valence-corrected chi connectivity index (χ4v) is 2.93. The van der Waals surface area contributed by atoms with Crippen LogP contribution in [0.2, 0.25) is 0 Å². The lowest BCUT2D eigenvalue weighted by Gasteiger charge is -2.11. The zero-order valence-corrected chi connectivity index (χ0v) is 16.8. The van der Waals surface area contributed by atoms with Gasteiger partial charge >= 0.3 is 6.18 Å². The third kappa shape index (κ3) is 4.16. The number of nitrogens with one attached hydrogen (secondary N) is 1. The Hall–Kier alpha value is -3.14. The lowest BCUT2D eigenvalue weighted by Crippen LogP contribution is -2.07. The maximum absolute atomic E-state index is 12.7. The second-order valence-electron chi connectivity index (χ2n) is 6.16. The zero-order chi connectivity index (χ0) is 19.9. The lowest BCUT2D eigenvalue weighted by molar-refractivity contribution is -0.137. The molecule has 2 aromatic carbocycles. The molecule has 29 heavy (non-hydrogen) atoms. The summed E-state index contributed by atoms with van der Waals surface area (Å²) < 4.78 is 40.0. The van der Waals surface area contributed by atoms with Gasteiger partial charge in [-0.1, -0.05) is 12.1 Å². The number of fused-ring (bicyclic) bond motifs is 1. The van der Waals surface area contributed by atoms with Crippen LogP contribution in [0, 0.1) is 6.92 Å². The number of hydrogen-bond donors (Lipinski definition) is 2. The van der Waals surface area contributed by atoms with Crippen LogP contribution in [0.25, 0.3) is 16.9 Å². The largest absolute Gasteiger partial charge is 0.416 e. The quantitative estimate of drug-likeness (QED) is 0.443. The van der Waals surface area contributed by atoms with Crippen molar-refractivity contribution < 1.29 is 13.2 Å². The van der Waals surface area contributed by atoms with E-state index in [0.717, 1.165) is 29.0 Å². The number of nitrogens with zero attached hydrogens (tertiary/aromatic N) is 4. The SMILES string of the molecule is Br.Cc1nc2ccccc2n1-c1cc(N)nc(Nc2ccc(C(F)(F)F)cc2)n1. The average molecular weight is 465 g/mol. The summed E-state index contributed by atoms with van der Waals surface area (Å²) in [5, 5.41) is 2.89. The van der Waals surface area contributed by atoms with Crippen LogP contribution in [-0.4, -0.2) is 19.5 Å². The van der Waals surface area contributed by atoms with E-state index in [1.54, 1.807) is 6.07 Å². The van der Waals surface area contributed by atoms with Crippen LogP contribution in [0.5, 0.6) is 0 Å². The summed E-state index contributed by atoms with van der Waals surface area (Å²) >= 11 is 0. The van der Waals surface area contributed by atoms with Crippen molar-refractivity contribution in [2.75, 3.05) is 11.1 Å². The number of nitrogens with two attached hydrogens (primary N) is 1. The molecular formula is C19H16BrF3N6. The molecule has 0 spiro atoms. The van der Waals surface area contributed by atoms with Crippen molar-refractivity contribution in [3.8, 4) is 5.82 Å². The third-order valence-corrected chi connectivity index (χ3v) is 4.16. The van der Waals surface area contributed by atoms with Crippen molar-refractivity contribution in [1.29, 1.82) is 0 Å². The molecule has 4 aromatic rings. The number of anilines is 3. The molecule has 6 nitrogen and oxygen atoms in total. The molecule has 0 saturated heterocycles. The number of halogens is 4. The molecule has 0 bridgehead atoms. The number of imidazole rings is 1. The van der Waals surface area contributed by atoms with E-state index < -0.39 is 11.7 Å². The van der Waals surface area contributed by atoms with Gasteiger partial charge in [0, 0.05) is 11.8 Å². The van der Waals surface area contributed by atoms with Crippen LogP contribution in [0.3, 0.4) is 0 Å². The maximum atomic E-state index is 12.7. The van der Waals surface area contributed by atoms with Crippen molar-refractivity contribution in [3.63, 3.8) is 0 Å². The molecular weight excluding hydrogens is 449 g/mol. The second kappa shape index (κ2) is 7.70. The summed E-state index contributed by atoms with van der Waals surface area (Å²) in [6, 6.07) is 13.8. The van der Waals surface area contributed by atoms with E-state index in [1.165, 1.54) is 12.1 Å². The number of nitrogen functional groups attached to an aromatic ring is 1. The van der Waals surface area contributed by atoms with Crippen LogP contribution in [-0.2, 0) is 6.18 Å². The van der Waals surface area contributed by atoms with Crippen molar-refractivity contribution in [3.05, 3.63) is 66.0 Å². The van der Waals surface area contributed by atoms with Gasteiger partial charge in [-0.05, 0) is 43.3 Å². The van der Waals surface area contributed by atoms with Crippen molar-refractivity contribution in [1.82, 2.24) is 19.5 Å². The molecule has 3 N–H and O–H groups in total. The Kier molecular flexibility index (Phi) is 5.47. The van der Waals surface area contributed by atoms with Gasteiger partial charge < -0.3 is 11.1 Å². The zero-order valence-electron chi connectivity index (χ0n) is 15.1. The number of rotatable bonds is 3. The van der Waals surface area contributed by atoms with Crippen LogP contribution < -0.4 is 11.1 Å². The first-order valence-corrected chi connectivity index (χ1v) is 8.34. The molecule has 0 saturated carbocycles. The number of aromatic nitrogens is 4. The van der Waals surface area contributed by atoms with Gasteiger partial charge in [-0.15, -0.1) is 17.0 Å². The molecule has 0 aliphatic carbocycles. The highest BCUT2D eigenvalue weighted by atomic mass is 79.9. The summed E-state index contributed by atoms with van der Waals surface area (Å²) in [6.45, 7) is 1.85. The van der Waals surface area contributed by atoms with Crippen molar-refractivity contribution in [2.45, 2.75) is 13.1 Å². The molecule has 2 aromatic heterocycles. The third-order valence-electron chi connectivity index (χ3n) is 4.16. The molecule has 0 aliphatic rings. The van der Waals surface area contributed by atoms with E-state index in [-0.39, 0.29) is 28.7 Å². The molecule has 2 heterocycles. The van der Waals surface area contributed by atoms with Crippen molar-refractivity contribution in [2.24, 2.45) is 0 Å². The van der Waals surface area contributed by atoms with Crippen LogP contribution in [0.15, 0.2) is 54.6 Å². The lowest BCUT2D eigenvalue weighted by atomic mass is 10.2. The summed E-state index contributed by atoms with van der Waals surface area (Å²) in [6.07, 6.45) is -4.39. The first-order valence-electron chi connectivity index (χ1n) is 8.34. The molecule has 0 unspecified atom stereocenters. The smallest absolute Gasteiger partial charge is 0.383 e. The van der Waals surface area contributed by atoms with Gasteiger partial charge in [-0.25, -0.2) is 4.98 Å². The molecule has 0 fully saturated rings. The van der Waals surface area contributed by atoms with E-state index >= 15 is 0 Å². The Labute approximate surface area is 174 Å². The highest BCUT2D eigenvalue weighted by Crippen LogP contribution is 2.30. The van der Waals surface area contributed by atoms with Gasteiger partial charge in [0.1, 0.15) is 17.5 Å². The minimum Gasteiger partial charge on any atom is -0.383 e. The molecule has 4 rings (SSSR count). The Morgan fingerprint density at radius 1 is 0.966 bits per heavy atom. The molecule has 0 radical (unpaired) electrons. The number of aryl methyl sites for hydroxylation is 1. The van der Waals surface area contributed by atoms with Gasteiger partial charge in [0.2, 0.25) is 5.95 Å². The fourth-order valence-electron chi connectivity index (χ4n) is 2.93. The van der Waals surface area contributed by atoms with Gasteiger partial charge in [-0.3, -0.25) is 4.57 Å². The van der Waals surface area contributed by atoms with E-state index in [9.17, 15) is 13.2 Å². The first-order chi connectivity index (χ1) is 13.3. The van der Waals surface area contributed by atoms with Crippen molar-refractivity contribution >= 4 is 45.5 Å². The second-order valence-corrected chi connectivity index (χ2v) is 6.16. The fraction of sp³-hybridized carbons (Fsp3) is 0.105. The predicted molar refractivity (Wildman–Crippen MR) is 111 cm³/mol. The minimum absolute atomic E-state index is 0. The Bertz CT molecular complexity index is 1160. The minimum atomic E-state index is -4.39. The van der Waals surface area contributed by atoms with Crippen LogP contribution in [0.1, 0.15) is 11.4 Å². The number of benzene rings is 2. The Morgan fingerprint density at radius 3 is 2.34 bits per heavy atom. The number of alkyl halides is 3. The van der Waals surface area contributed by atoms with Gasteiger partial charge in [0.05, 0.1) is 16.6 Å². The van der Waals surface area contributed by atoms with Gasteiger partial charge in [-0.2, -0.15) is 23.1 Å². The standard InChI is InChI=1S/C19H15F3N6.BrH/c1-11-24-14-4-2-3-5-15(14)28(11)17-10-16(23)26-18(27-17)25-13-8-6-12(7-9-13)19(20,21)22;/h2-10H,1H3,(H3,23,25,26,27);1H. The van der Waals surface area contributed by atoms with Crippen LogP contribution in [0.4, 0.5) is 30.6 Å². The summed E-state index contributed by atoms with van der Waals surface area (Å²) in [7, 11) is 0. The summed E-state index contributed by atoms with van der Waals surface area (Å²) in [5.41, 5.74) is 7.28. The summed E-state index contributed by atoms with van der Waals surface area (Å²) in [5.74, 6) is 1.62. The van der Waals surface area contributed by atoms with Gasteiger partial charge in [0.25, 0.3) is 0 Å². The maximum Gasteiger partial charge on any atom is 0.416 e. The highest BCUT2D eigenvalue weighted by Gasteiger charge is 2.29. The van der Waals surface area contributed by atoms with Gasteiger partial charge in [0.15, 0.2) is 0 Å². The monoisotopic (exact) mass is 464 g/mol. The normalized spacial score (nSPS) is 11.3. The Balaban J connectivity index is 0.00000240. The molecule has 0 aliphatic heterocycles. The Morgan fingerprint density at radius 2 is 1.66 bits per heavy atom. The van der Waals surface area contributed by atoms with E-state index in [1.807, 2.05) is 35.8 Å². The topological polar surface area (TPSA) is 81.7 Å². The summed E-state index contributed by atoms with van der Waals surface area (Å²) in [4.78, 5) is 13.1. The molecule has 0 amide bonds. The predicted octanol–water partition coefficient (Wildman–Crippen LogP) is 5.05. The number of hydrogen-bond acceptors (Lipinski definition) is 5. The molecule has 10 heteroatoms. The van der Waals surface area contributed by atoms with E-state index in [0.29, 0.717) is 11.5 Å². The first kappa shape index (κ1) is 20.6. The highest BCUT2D eigenvalue weighted by molar-refractivity contribution is 8.93. The average Bonchev–Trinajstić information content (AvgIpc) is 2.96. The van der Waals surface area contributed by atoms with Crippen LogP contribution >= 0.6 is 17.0 Å². The van der Waals surface area contributed by atoms with E-state index in [2.05, 4.69) is 20.3 Å².